The normalized spacial score (nSPS) is 19.4. The molecule has 1 aromatic carbocycles. The molecule has 0 aliphatic carbocycles. The maximum Gasteiger partial charge on any atom is 0.254 e. The summed E-state index contributed by atoms with van der Waals surface area (Å²) in [7, 11) is 1.49. The molecule has 0 bridgehead atoms. The number of ether oxygens (including phenoxy) is 1. The number of rotatable bonds is 4. The Labute approximate surface area is 176 Å². The molecule has 154 valence electrons. The van der Waals surface area contributed by atoms with Crippen molar-refractivity contribution in [2.75, 3.05) is 46.4 Å². The number of hydrogen-bond donors (Lipinski definition) is 0. The Morgan fingerprint density at radius 3 is 2.04 bits per heavy atom. The fraction of sp³-hybridized carbons (Fsp3) is 0.600. The van der Waals surface area contributed by atoms with E-state index in [1.54, 1.807) is 17.0 Å². The van der Waals surface area contributed by atoms with Gasteiger partial charge < -0.3 is 14.5 Å². The zero-order chi connectivity index (χ0) is 20.3. The number of hydrogen-bond acceptors (Lipinski definition) is 4. The molecule has 2 amide bonds. The van der Waals surface area contributed by atoms with E-state index < -0.39 is 0 Å². The molecule has 0 aromatic heterocycles. The topological polar surface area (TPSA) is 53.1 Å². The van der Waals surface area contributed by atoms with Crippen molar-refractivity contribution in [3.8, 4) is 5.75 Å². The smallest absolute Gasteiger partial charge is 0.254 e. The van der Waals surface area contributed by atoms with Gasteiger partial charge in [-0.1, -0.05) is 23.2 Å². The number of halogens is 2. The molecule has 2 fully saturated rings. The van der Waals surface area contributed by atoms with E-state index in [1.165, 1.54) is 13.5 Å². The summed E-state index contributed by atoms with van der Waals surface area (Å²) in [5, 5.41) is 0.635. The Kier molecular flexibility index (Phi) is 7.07. The van der Waals surface area contributed by atoms with Gasteiger partial charge in [0.15, 0.2) is 5.75 Å². The highest BCUT2D eigenvalue weighted by Gasteiger charge is 2.31. The molecule has 2 aliphatic rings. The predicted octanol–water partition coefficient (Wildman–Crippen LogP) is 3.16. The lowest BCUT2D eigenvalue weighted by atomic mass is 10.1. The minimum absolute atomic E-state index is 0.110. The lowest BCUT2D eigenvalue weighted by molar-refractivity contribution is -0.137. The molecule has 28 heavy (non-hydrogen) atoms. The van der Waals surface area contributed by atoms with Gasteiger partial charge in [-0.2, -0.15) is 0 Å². The van der Waals surface area contributed by atoms with E-state index in [4.69, 9.17) is 27.9 Å². The third kappa shape index (κ3) is 4.56. The van der Waals surface area contributed by atoms with Crippen molar-refractivity contribution >= 4 is 35.0 Å². The monoisotopic (exact) mass is 427 g/mol. The molecular formula is C20H27Cl2N3O3. The number of piperazine rings is 1. The van der Waals surface area contributed by atoms with Gasteiger partial charge in [0, 0.05) is 44.8 Å². The summed E-state index contributed by atoms with van der Waals surface area (Å²) in [5.74, 6) is 0.462. The average molecular weight is 428 g/mol. The van der Waals surface area contributed by atoms with Gasteiger partial charge in [-0.3, -0.25) is 14.5 Å². The number of carbonyl (C=O) groups is 2. The van der Waals surface area contributed by atoms with Crippen LogP contribution in [0, 0.1) is 0 Å². The molecule has 1 unspecified atom stereocenters. The number of benzene rings is 1. The molecule has 0 spiro atoms. The van der Waals surface area contributed by atoms with Crippen molar-refractivity contribution in [2.45, 2.75) is 32.2 Å². The first-order valence-electron chi connectivity index (χ1n) is 9.77. The van der Waals surface area contributed by atoms with Crippen molar-refractivity contribution < 1.29 is 14.3 Å². The van der Waals surface area contributed by atoms with E-state index >= 15 is 0 Å². The van der Waals surface area contributed by atoms with Gasteiger partial charge in [-0.15, -0.1) is 0 Å². The maximum absolute atomic E-state index is 12.8. The fourth-order valence-corrected chi connectivity index (χ4v) is 4.55. The number of likely N-dealkylation sites (tertiary alicyclic amines) is 1. The quantitative estimate of drug-likeness (QED) is 0.740. The molecule has 2 saturated heterocycles. The highest BCUT2D eigenvalue weighted by atomic mass is 35.5. The zero-order valence-electron chi connectivity index (χ0n) is 16.4. The summed E-state index contributed by atoms with van der Waals surface area (Å²) in [4.78, 5) is 31.5. The second-order valence-electron chi connectivity index (χ2n) is 7.36. The van der Waals surface area contributed by atoms with Crippen LogP contribution in [0.15, 0.2) is 12.1 Å². The molecule has 1 atom stereocenters. The Morgan fingerprint density at radius 1 is 0.929 bits per heavy atom. The van der Waals surface area contributed by atoms with Crippen LogP contribution in [0.3, 0.4) is 0 Å². The lowest BCUT2D eigenvalue weighted by Gasteiger charge is -2.39. The van der Waals surface area contributed by atoms with Crippen LogP contribution in [-0.2, 0) is 4.79 Å². The third-order valence-corrected chi connectivity index (χ3v) is 6.19. The minimum atomic E-state index is -0.153. The summed E-state index contributed by atoms with van der Waals surface area (Å²) in [6, 6.07) is 3.02. The van der Waals surface area contributed by atoms with Crippen LogP contribution in [0.2, 0.25) is 10.0 Å². The fourth-order valence-electron chi connectivity index (χ4n) is 3.91. The summed E-state index contributed by atoms with van der Waals surface area (Å²) in [6.07, 6.45) is 3.39. The number of nitrogens with zero attached hydrogens (tertiary/aromatic N) is 3. The minimum Gasteiger partial charge on any atom is -0.494 e. The summed E-state index contributed by atoms with van der Waals surface area (Å²) < 4.78 is 5.14. The van der Waals surface area contributed by atoms with Gasteiger partial charge in [0.25, 0.3) is 5.91 Å². The van der Waals surface area contributed by atoms with Crippen LogP contribution in [-0.4, -0.2) is 78.9 Å². The highest BCUT2D eigenvalue weighted by molar-refractivity contribution is 6.37. The number of piperidine rings is 1. The van der Waals surface area contributed by atoms with E-state index in [9.17, 15) is 9.59 Å². The first kappa shape index (κ1) is 21.2. The molecule has 0 saturated carbocycles. The highest BCUT2D eigenvalue weighted by Crippen LogP contribution is 2.34. The molecule has 6 nitrogen and oxygen atoms in total. The molecule has 0 radical (unpaired) electrons. The van der Waals surface area contributed by atoms with Crippen LogP contribution >= 0.6 is 23.2 Å². The zero-order valence-corrected chi connectivity index (χ0v) is 17.9. The largest absolute Gasteiger partial charge is 0.494 e. The van der Waals surface area contributed by atoms with Gasteiger partial charge in [0.2, 0.25) is 5.91 Å². The lowest BCUT2D eigenvalue weighted by Crippen LogP contribution is -2.56. The van der Waals surface area contributed by atoms with E-state index in [1.807, 2.05) is 11.8 Å². The Morgan fingerprint density at radius 2 is 1.50 bits per heavy atom. The molecule has 8 heteroatoms. The van der Waals surface area contributed by atoms with Gasteiger partial charge >= 0.3 is 0 Å². The molecule has 1 aromatic rings. The van der Waals surface area contributed by atoms with Gasteiger partial charge in [-0.05, 0) is 38.3 Å². The van der Waals surface area contributed by atoms with Crippen LogP contribution < -0.4 is 4.74 Å². The predicted molar refractivity (Wildman–Crippen MR) is 110 cm³/mol. The SMILES string of the molecule is COc1c(Cl)cc(C(=O)N2CCN(C(C)C(=O)N3CCCCC3)CC2)cc1Cl. The van der Waals surface area contributed by atoms with E-state index in [2.05, 4.69) is 4.90 Å². The molecule has 2 aliphatic heterocycles. The second-order valence-corrected chi connectivity index (χ2v) is 8.18. The van der Waals surface area contributed by atoms with Crippen LogP contribution in [0.25, 0.3) is 0 Å². The Bertz CT molecular complexity index is 706. The van der Waals surface area contributed by atoms with Gasteiger partial charge in [-0.25, -0.2) is 0 Å². The van der Waals surface area contributed by atoms with Crippen LogP contribution in [0.5, 0.6) is 5.75 Å². The van der Waals surface area contributed by atoms with Crippen molar-refractivity contribution in [3.05, 3.63) is 27.7 Å². The summed E-state index contributed by atoms with van der Waals surface area (Å²) in [6.45, 7) is 6.17. The average Bonchev–Trinajstić information content (AvgIpc) is 2.72. The Hall–Kier alpha value is -1.50. The van der Waals surface area contributed by atoms with E-state index in [0.717, 1.165) is 25.9 Å². The first-order chi connectivity index (χ1) is 13.4. The first-order valence-corrected chi connectivity index (χ1v) is 10.5. The van der Waals surface area contributed by atoms with E-state index in [0.29, 0.717) is 47.5 Å². The molecule has 2 heterocycles. The van der Waals surface area contributed by atoms with Gasteiger partial charge in [0.05, 0.1) is 23.2 Å². The third-order valence-electron chi connectivity index (χ3n) is 5.62. The standard InChI is InChI=1S/C20H27Cl2N3O3/c1-14(19(26)24-6-4-3-5-7-24)23-8-10-25(11-9-23)20(27)15-12-16(21)18(28-2)17(22)13-15/h12-14H,3-11H2,1-2H3. The maximum atomic E-state index is 12.8. The van der Waals surface area contributed by atoms with Crippen molar-refractivity contribution in [1.82, 2.24) is 14.7 Å². The summed E-state index contributed by atoms with van der Waals surface area (Å²) >= 11 is 12.3. The molecular weight excluding hydrogens is 401 g/mol. The van der Waals surface area contributed by atoms with Gasteiger partial charge in [0.1, 0.15) is 0 Å². The molecule has 0 N–H and O–H groups in total. The van der Waals surface area contributed by atoms with Crippen molar-refractivity contribution in [2.24, 2.45) is 0 Å². The summed E-state index contributed by atoms with van der Waals surface area (Å²) in [5.41, 5.74) is 0.446. The number of carbonyl (C=O) groups excluding carboxylic acids is 2. The number of amides is 2. The Balaban J connectivity index is 1.59. The van der Waals surface area contributed by atoms with Crippen molar-refractivity contribution in [1.29, 1.82) is 0 Å². The molecule has 3 rings (SSSR count). The van der Waals surface area contributed by atoms with E-state index in [-0.39, 0.29) is 17.9 Å². The second kappa shape index (κ2) is 9.33. The van der Waals surface area contributed by atoms with Crippen LogP contribution in [0.1, 0.15) is 36.5 Å². The number of methoxy groups -OCH3 is 1. The van der Waals surface area contributed by atoms with Crippen LogP contribution in [0.4, 0.5) is 0 Å². The van der Waals surface area contributed by atoms with Crippen molar-refractivity contribution in [3.63, 3.8) is 0 Å².